The van der Waals surface area contributed by atoms with Crippen LogP contribution in [0.2, 0.25) is 0 Å². The van der Waals surface area contributed by atoms with Gasteiger partial charge in [-0.3, -0.25) is 0 Å². The molecule has 2 atom stereocenters. The fourth-order valence-electron chi connectivity index (χ4n) is 1.68. The van der Waals surface area contributed by atoms with Gasteiger partial charge in [0.1, 0.15) is 5.75 Å². The third kappa shape index (κ3) is 3.42. The molecule has 0 bridgehead atoms. The molecule has 0 amide bonds. The molecule has 82 valence electrons. The molecule has 1 aromatic carbocycles. The molecule has 1 fully saturated rings. The van der Waals surface area contributed by atoms with Crippen molar-refractivity contribution in [2.45, 2.75) is 11.2 Å². The van der Waals surface area contributed by atoms with Crippen LogP contribution in [0.25, 0.3) is 0 Å². The van der Waals surface area contributed by atoms with Crippen LogP contribution in [0.4, 0.5) is 0 Å². The number of alkyl halides is 1. The van der Waals surface area contributed by atoms with Gasteiger partial charge in [-0.1, -0.05) is 34.1 Å². The zero-order valence-corrected chi connectivity index (χ0v) is 11.0. The predicted octanol–water partition coefficient (Wildman–Crippen LogP) is 3.58. The molecular formula is C12H15BrOS. The van der Waals surface area contributed by atoms with Crippen molar-refractivity contribution in [3.63, 3.8) is 0 Å². The molecule has 1 heterocycles. The van der Waals surface area contributed by atoms with Crippen molar-refractivity contribution in [2.24, 2.45) is 5.92 Å². The number of ether oxygens (including phenoxy) is 1. The third-order valence-electron chi connectivity index (χ3n) is 2.62. The lowest BCUT2D eigenvalue weighted by atomic mass is 10.1. The highest BCUT2D eigenvalue weighted by molar-refractivity contribution is 9.09. The van der Waals surface area contributed by atoms with Crippen LogP contribution in [0.5, 0.6) is 5.75 Å². The molecule has 0 aliphatic carbocycles. The standard InChI is InChI=1S/C12H15BrOS/c13-12-9-15-8-10(12)6-7-14-11-4-2-1-3-5-11/h1-5,10,12H,6-9H2. The number of para-hydroxylation sites is 1. The average Bonchev–Trinajstić information content (AvgIpc) is 2.66. The maximum Gasteiger partial charge on any atom is 0.119 e. The summed E-state index contributed by atoms with van der Waals surface area (Å²) in [5.41, 5.74) is 0. The van der Waals surface area contributed by atoms with Gasteiger partial charge in [0.15, 0.2) is 0 Å². The van der Waals surface area contributed by atoms with Gasteiger partial charge < -0.3 is 4.74 Å². The minimum absolute atomic E-state index is 0.682. The molecular weight excluding hydrogens is 272 g/mol. The molecule has 1 aromatic rings. The van der Waals surface area contributed by atoms with Crippen molar-refractivity contribution in [3.05, 3.63) is 30.3 Å². The third-order valence-corrected chi connectivity index (χ3v) is 5.38. The first kappa shape index (κ1) is 11.3. The van der Waals surface area contributed by atoms with Crippen molar-refractivity contribution in [1.29, 1.82) is 0 Å². The fourth-order valence-corrected chi connectivity index (χ4v) is 4.28. The highest BCUT2D eigenvalue weighted by Crippen LogP contribution is 2.31. The summed E-state index contributed by atoms with van der Waals surface area (Å²) in [6, 6.07) is 10.0. The van der Waals surface area contributed by atoms with Crippen LogP contribution in [0, 0.1) is 5.92 Å². The number of hydrogen-bond acceptors (Lipinski definition) is 2. The van der Waals surface area contributed by atoms with Crippen molar-refractivity contribution >= 4 is 27.7 Å². The molecule has 15 heavy (non-hydrogen) atoms. The molecule has 1 aliphatic heterocycles. The molecule has 2 rings (SSSR count). The van der Waals surface area contributed by atoms with Crippen LogP contribution in [-0.4, -0.2) is 22.9 Å². The molecule has 1 saturated heterocycles. The van der Waals surface area contributed by atoms with E-state index in [9.17, 15) is 0 Å². The summed E-state index contributed by atoms with van der Waals surface area (Å²) in [7, 11) is 0. The fraction of sp³-hybridized carbons (Fsp3) is 0.500. The van der Waals surface area contributed by atoms with Crippen LogP contribution in [0.3, 0.4) is 0 Å². The lowest BCUT2D eigenvalue weighted by molar-refractivity contribution is 0.287. The first-order valence-electron chi connectivity index (χ1n) is 5.26. The van der Waals surface area contributed by atoms with Crippen LogP contribution < -0.4 is 4.74 Å². The monoisotopic (exact) mass is 286 g/mol. The minimum atomic E-state index is 0.682. The van der Waals surface area contributed by atoms with E-state index in [4.69, 9.17) is 4.74 Å². The summed E-state index contributed by atoms with van der Waals surface area (Å²) in [4.78, 5) is 0.682. The quantitative estimate of drug-likeness (QED) is 0.783. The van der Waals surface area contributed by atoms with E-state index in [0.29, 0.717) is 4.83 Å². The maximum atomic E-state index is 5.69. The SMILES string of the molecule is BrC1CSCC1CCOc1ccccc1. The van der Waals surface area contributed by atoms with Crippen LogP contribution >= 0.6 is 27.7 Å². The summed E-state index contributed by atoms with van der Waals surface area (Å²) >= 11 is 5.75. The molecule has 3 heteroatoms. The van der Waals surface area contributed by atoms with Gasteiger partial charge in [-0.25, -0.2) is 0 Å². The van der Waals surface area contributed by atoms with Gasteiger partial charge in [0.2, 0.25) is 0 Å². The van der Waals surface area contributed by atoms with Crippen molar-refractivity contribution in [2.75, 3.05) is 18.1 Å². The molecule has 0 spiro atoms. The van der Waals surface area contributed by atoms with Gasteiger partial charge >= 0.3 is 0 Å². The second-order valence-corrected chi connectivity index (χ2v) is 6.01. The van der Waals surface area contributed by atoms with Crippen molar-refractivity contribution < 1.29 is 4.74 Å². The van der Waals surface area contributed by atoms with Crippen LogP contribution in [0.15, 0.2) is 30.3 Å². The summed E-state index contributed by atoms with van der Waals surface area (Å²) in [5.74, 6) is 4.28. The van der Waals surface area contributed by atoms with Crippen molar-refractivity contribution in [1.82, 2.24) is 0 Å². The number of hydrogen-bond donors (Lipinski definition) is 0. The topological polar surface area (TPSA) is 9.23 Å². The van der Waals surface area contributed by atoms with Gasteiger partial charge in [0.25, 0.3) is 0 Å². The molecule has 1 nitrogen and oxygen atoms in total. The van der Waals surface area contributed by atoms with Gasteiger partial charge in [-0.05, 0) is 30.2 Å². The van der Waals surface area contributed by atoms with E-state index in [1.54, 1.807) is 0 Å². The number of rotatable bonds is 4. The zero-order valence-electron chi connectivity index (χ0n) is 8.56. The Kier molecular flexibility index (Phi) is 4.39. The van der Waals surface area contributed by atoms with Gasteiger partial charge in [0, 0.05) is 10.6 Å². The zero-order chi connectivity index (χ0) is 10.5. The average molecular weight is 287 g/mol. The van der Waals surface area contributed by atoms with Crippen LogP contribution in [-0.2, 0) is 0 Å². The Labute approximate surface area is 104 Å². The first-order chi connectivity index (χ1) is 7.36. The predicted molar refractivity (Wildman–Crippen MR) is 70.1 cm³/mol. The lowest BCUT2D eigenvalue weighted by Gasteiger charge is -2.13. The maximum absolute atomic E-state index is 5.69. The molecule has 1 aliphatic rings. The van der Waals surface area contributed by atoms with E-state index in [1.165, 1.54) is 11.5 Å². The Hall–Kier alpha value is -0.150. The van der Waals surface area contributed by atoms with E-state index in [0.717, 1.165) is 24.7 Å². The van der Waals surface area contributed by atoms with E-state index >= 15 is 0 Å². The molecule has 2 unspecified atom stereocenters. The molecule has 0 aromatic heterocycles. The Bertz CT molecular complexity index is 291. The summed E-state index contributed by atoms with van der Waals surface area (Å²) in [6.45, 7) is 0.831. The van der Waals surface area contributed by atoms with Crippen LogP contribution in [0.1, 0.15) is 6.42 Å². The highest BCUT2D eigenvalue weighted by Gasteiger charge is 2.24. The smallest absolute Gasteiger partial charge is 0.119 e. The van der Waals surface area contributed by atoms with E-state index < -0.39 is 0 Å². The highest BCUT2D eigenvalue weighted by atomic mass is 79.9. The lowest BCUT2D eigenvalue weighted by Crippen LogP contribution is -2.14. The number of benzene rings is 1. The molecule has 0 radical (unpaired) electrons. The Balaban J connectivity index is 1.71. The Morgan fingerprint density at radius 3 is 2.73 bits per heavy atom. The first-order valence-corrected chi connectivity index (χ1v) is 7.33. The molecule has 0 N–H and O–H groups in total. The Morgan fingerprint density at radius 2 is 2.07 bits per heavy atom. The summed E-state index contributed by atoms with van der Waals surface area (Å²) in [6.07, 6.45) is 1.15. The van der Waals surface area contributed by atoms with E-state index in [1.807, 2.05) is 42.1 Å². The number of halogens is 1. The van der Waals surface area contributed by atoms with Gasteiger partial charge in [-0.2, -0.15) is 11.8 Å². The second-order valence-electron chi connectivity index (χ2n) is 3.76. The summed E-state index contributed by atoms with van der Waals surface area (Å²) in [5, 5.41) is 0. The Morgan fingerprint density at radius 1 is 1.27 bits per heavy atom. The largest absolute Gasteiger partial charge is 0.494 e. The van der Waals surface area contributed by atoms with Crippen molar-refractivity contribution in [3.8, 4) is 5.75 Å². The summed E-state index contributed by atoms with van der Waals surface area (Å²) < 4.78 is 5.69. The van der Waals surface area contributed by atoms with E-state index in [2.05, 4.69) is 15.9 Å². The minimum Gasteiger partial charge on any atom is -0.494 e. The second kappa shape index (κ2) is 5.80. The molecule has 0 saturated carbocycles. The normalized spacial score (nSPS) is 25.4. The van der Waals surface area contributed by atoms with E-state index in [-0.39, 0.29) is 0 Å². The van der Waals surface area contributed by atoms with Gasteiger partial charge in [-0.15, -0.1) is 0 Å². The van der Waals surface area contributed by atoms with Gasteiger partial charge in [0.05, 0.1) is 6.61 Å². The number of thioether (sulfide) groups is 1.